The lowest BCUT2D eigenvalue weighted by Crippen LogP contribution is -2.21. The van der Waals surface area contributed by atoms with E-state index in [4.69, 9.17) is 13.0 Å². The van der Waals surface area contributed by atoms with E-state index in [1.54, 1.807) is 0 Å². The predicted octanol–water partition coefficient (Wildman–Crippen LogP) is 9.02. The summed E-state index contributed by atoms with van der Waals surface area (Å²) in [4.78, 5) is 0. The molecule has 1 aliphatic rings. The SMILES string of the molecule is FC(F)(F)c1ccc(-c2ccc3c(c2-c2ccc(C(F)(F)F)cc2)Cc2ccccc2-3)cc1.O=S(=O)(O)C(F)(F)F. The van der Waals surface area contributed by atoms with Crippen LogP contribution in [0.2, 0.25) is 0 Å². The summed E-state index contributed by atoms with van der Waals surface area (Å²) in [6, 6.07) is 21.4. The molecule has 0 saturated heterocycles. The Kier molecular flexibility index (Phi) is 7.74. The number of hydrogen-bond donors (Lipinski definition) is 1. The van der Waals surface area contributed by atoms with Gasteiger partial charge in [-0.1, -0.05) is 60.7 Å². The first-order valence-corrected chi connectivity index (χ1v) is 12.9. The summed E-state index contributed by atoms with van der Waals surface area (Å²) in [7, 11) is -5.84. The first-order chi connectivity index (χ1) is 18.9. The molecule has 0 aliphatic heterocycles. The van der Waals surface area contributed by atoms with E-state index in [-0.39, 0.29) is 0 Å². The third-order valence-corrected chi connectivity index (χ3v) is 6.89. The minimum Gasteiger partial charge on any atom is -0.279 e. The summed E-state index contributed by atoms with van der Waals surface area (Å²) in [5, 5.41) is 0. The molecule has 41 heavy (non-hydrogen) atoms. The van der Waals surface area contributed by atoms with Gasteiger partial charge >= 0.3 is 28.0 Å². The lowest BCUT2D eigenvalue weighted by Gasteiger charge is -2.17. The van der Waals surface area contributed by atoms with Crippen molar-refractivity contribution < 1.29 is 52.5 Å². The van der Waals surface area contributed by atoms with Crippen molar-refractivity contribution >= 4 is 10.1 Å². The van der Waals surface area contributed by atoms with Gasteiger partial charge in [-0.05, 0) is 75.2 Å². The Labute approximate surface area is 227 Å². The van der Waals surface area contributed by atoms with Crippen molar-refractivity contribution in [3.05, 3.63) is 107 Å². The third kappa shape index (κ3) is 6.41. The van der Waals surface area contributed by atoms with Crippen molar-refractivity contribution in [3.8, 4) is 33.4 Å². The molecule has 1 aliphatic carbocycles. The van der Waals surface area contributed by atoms with Crippen LogP contribution < -0.4 is 0 Å². The van der Waals surface area contributed by atoms with Gasteiger partial charge in [0.25, 0.3) is 0 Å². The van der Waals surface area contributed by atoms with Gasteiger partial charge in [0, 0.05) is 0 Å². The normalized spacial score (nSPS) is 13.2. The summed E-state index contributed by atoms with van der Waals surface area (Å²) in [5.74, 6) is 0. The predicted molar refractivity (Wildman–Crippen MR) is 133 cm³/mol. The number of rotatable bonds is 2. The van der Waals surface area contributed by atoms with Gasteiger partial charge in [0.2, 0.25) is 0 Å². The third-order valence-electron chi connectivity index (χ3n) is 6.30. The van der Waals surface area contributed by atoms with Crippen LogP contribution in [0.5, 0.6) is 0 Å². The fourth-order valence-electron chi connectivity index (χ4n) is 4.45. The quantitative estimate of drug-likeness (QED) is 0.124. The van der Waals surface area contributed by atoms with Gasteiger partial charge in [-0.3, -0.25) is 4.55 Å². The number of benzene rings is 4. The summed E-state index contributed by atoms with van der Waals surface area (Å²) in [6.45, 7) is 0. The molecule has 4 aromatic carbocycles. The second-order valence-electron chi connectivity index (χ2n) is 8.92. The van der Waals surface area contributed by atoms with E-state index in [1.807, 2.05) is 36.4 Å². The highest BCUT2D eigenvalue weighted by atomic mass is 32.2. The molecule has 0 unspecified atom stereocenters. The highest BCUT2D eigenvalue weighted by Crippen LogP contribution is 2.46. The highest BCUT2D eigenvalue weighted by molar-refractivity contribution is 7.86. The zero-order valence-corrected chi connectivity index (χ0v) is 21.2. The fourth-order valence-corrected chi connectivity index (χ4v) is 4.45. The topological polar surface area (TPSA) is 54.4 Å². The molecule has 5 rings (SSSR count). The number of halogens is 9. The number of fused-ring (bicyclic) bond motifs is 3. The zero-order valence-electron chi connectivity index (χ0n) is 20.4. The van der Waals surface area contributed by atoms with Gasteiger partial charge in [0.15, 0.2) is 0 Å². The van der Waals surface area contributed by atoms with Crippen LogP contribution in [0.25, 0.3) is 33.4 Å². The molecule has 4 aromatic rings. The lowest BCUT2D eigenvalue weighted by atomic mass is 9.87. The van der Waals surface area contributed by atoms with Crippen LogP contribution in [0.1, 0.15) is 22.3 Å². The molecular weight excluding hydrogens is 587 g/mol. The van der Waals surface area contributed by atoms with E-state index < -0.39 is 39.1 Å². The van der Waals surface area contributed by atoms with Crippen molar-refractivity contribution in [2.45, 2.75) is 24.3 Å². The molecule has 0 radical (unpaired) electrons. The summed E-state index contributed by atoms with van der Waals surface area (Å²) in [6.07, 6.45) is -8.31. The van der Waals surface area contributed by atoms with Gasteiger partial charge in [0.05, 0.1) is 11.1 Å². The van der Waals surface area contributed by atoms with E-state index in [2.05, 4.69) is 0 Å². The molecular formula is C28H17F9O3S. The Morgan fingerprint density at radius 3 is 1.46 bits per heavy atom. The standard InChI is InChI=1S/C27H16F6.CHF3O3S/c28-26(29,30)19-9-5-16(6-10-19)22-13-14-23-21-4-2-1-3-18(21)15-24(23)25(22)17-7-11-20(12-8-17)27(31,32)33;2-1(3,4)8(5,6)7/h1-14H,15H2;(H,5,6,7). The molecule has 0 atom stereocenters. The van der Waals surface area contributed by atoms with Crippen LogP contribution in [0, 0.1) is 0 Å². The van der Waals surface area contributed by atoms with E-state index in [0.29, 0.717) is 23.1 Å². The van der Waals surface area contributed by atoms with E-state index in [0.717, 1.165) is 52.1 Å². The molecule has 3 nitrogen and oxygen atoms in total. The van der Waals surface area contributed by atoms with Crippen LogP contribution in [-0.4, -0.2) is 18.5 Å². The van der Waals surface area contributed by atoms with Gasteiger partial charge in [-0.15, -0.1) is 0 Å². The first kappa shape index (κ1) is 30.1. The number of alkyl halides is 9. The van der Waals surface area contributed by atoms with Crippen molar-refractivity contribution in [2.24, 2.45) is 0 Å². The molecule has 13 heteroatoms. The van der Waals surface area contributed by atoms with E-state index in [1.165, 1.54) is 24.3 Å². The first-order valence-electron chi connectivity index (χ1n) is 11.5. The summed E-state index contributed by atoms with van der Waals surface area (Å²) < 4.78 is 136. The van der Waals surface area contributed by atoms with Gasteiger partial charge in [0.1, 0.15) is 0 Å². The maximum absolute atomic E-state index is 13.1. The Hall–Kier alpha value is -3.84. The fraction of sp³-hybridized carbons (Fsp3) is 0.143. The molecule has 0 heterocycles. The highest BCUT2D eigenvalue weighted by Gasteiger charge is 2.44. The average molecular weight is 604 g/mol. The van der Waals surface area contributed by atoms with Crippen molar-refractivity contribution in [1.29, 1.82) is 0 Å². The molecule has 0 amide bonds. The van der Waals surface area contributed by atoms with Crippen LogP contribution in [0.3, 0.4) is 0 Å². The monoisotopic (exact) mass is 604 g/mol. The second-order valence-corrected chi connectivity index (χ2v) is 10.3. The zero-order chi connectivity index (χ0) is 30.4. The van der Waals surface area contributed by atoms with Gasteiger partial charge in [-0.2, -0.15) is 47.9 Å². The largest absolute Gasteiger partial charge is 0.522 e. The Balaban J connectivity index is 0.000000426. The Morgan fingerprint density at radius 2 is 1.00 bits per heavy atom. The molecule has 0 bridgehead atoms. The molecule has 216 valence electrons. The molecule has 1 N–H and O–H groups in total. The Bertz CT molecular complexity index is 1670. The molecule has 0 saturated carbocycles. The molecule has 0 fully saturated rings. The summed E-state index contributed by atoms with van der Waals surface area (Å²) >= 11 is 0. The van der Waals surface area contributed by atoms with Gasteiger partial charge < -0.3 is 0 Å². The Morgan fingerprint density at radius 1 is 0.561 bits per heavy atom. The average Bonchev–Trinajstić information content (AvgIpc) is 3.25. The second kappa shape index (κ2) is 10.5. The van der Waals surface area contributed by atoms with Crippen LogP contribution in [0.4, 0.5) is 39.5 Å². The minimum atomic E-state index is -5.84. The molecule has 0 aromatic heterocycles. The summed E-state index contributed by atoms with van der Waals surface area (Å²) in [5.41, 5.74) is -0.387. The maximum atomic E-state index is 13.1. The van der Waals surface area contributed by atoms with E-state index >= 15 is 0 Å². The lowest BCUT2D eigenvalue weighted by molar-refractivity contribution is -0.138. The van der Waals surface area contributed by atoms with Crippen molar-refractivity contribution in [3.63, 3.8) is 0 Å². The van der Waals surface area contributed by atoms with Crippen molar-refractivity contribution in [2.75, 3.05) is 0 Å². The van der Waals surface area contributed by atoms with Crippen LogP contribution >= 0.6 is 0 Å². The molecule has 0 spiro atoms. The minimum absolute atomic E-state index is 0.566. The van der Waals surface area contributed by atoms with Crippen LogP contribution in [0.15, 0.2) is 84.9 Å². The van der Waals surface area contributed by atoms with Crippen LogP contribution in [-0.2, 0) is 28.9 Å². The number of hydrogen-bond acceptors (Lipinski definition) is 2. The van der Waals surface area contributed by atoms with Crippen molar-refractivity contribution in [1.82, 2.24) is 0 Å². The van der Waals surface area contributed by atoms with Gasteiger partial charge in [-0.25, -0.2) is 0 Å². The maximum Gasteiger partial charge on any atom is 0.522 e. The smallest absolute Gasteiger partial charge is 0.279 e. The van der Waals surface area contributed by atoms with E-state index in [9.17, 15) is 39.5 Å².